The van der Waals surface area contributed by atoms with Crippen molar-refractivity contribution in [3.05, 3.63) is 114 Å². The summed E-state index contributed by atoms with van der Waals surface area (Å²) in [4.78, 5) is 0. The molecule has 0 saturated heterocycles. The van der Waals surface area contributed by atoms with Gasteiger partial charge in [0.25, 0.3) is 0 Å². The zero-order valence-corrected chi connectivity index (χ0v) is 26.2. The summed E-state index contributed by atoms with van der Waals surface area (Å²) < 4.78 is 1.51. The molecule has 0 aromatic heterocycles. The second kappa shape index (κ2) is 13.8. The molecule has 0 atom stereocenters. The zero-order valence-electron chi connectivity index (χ0n) is 23.8. The molecule has 0 amide bonds. The number of benzene rings is 3. The van der Waals surface area contributed by atoms with E-state index in [2.05, 4.69) is 146 Å². The van der Waals surface area contributed by atoms with Crippen LogP contribution in [0.1, 0.15) is 66.5 Å². The average Bonchev–Trinajstić information content (AvgIpc) is 3.48. The Morgan fingerprint density at radius 1 is 0.649 bits per heavy atom. The van der Waals surface area contributed by atoms with E-state index in [0.717, 1.165) is 5.56 Å². The van der Waals surface area contributed by atoms with E-state index >= 15 is 0 Å². The Morgan fingerprint density at radius 2 is 1.08 bits per heavy atom. The molecule has 5 rings (SSSR count). The number of hydrogen-bond donors (Lipinski definition) is 1. The van der Waals surface area contributed by atoms with Gasteiger partial charge in [-0.05, 0) is 28.0 Å². The minimum atomic E-state index is -0.00859. The predicted octanol–water partition coefficient (Wildman–Crippen LogP) is 9.85. The van der Waals surface area contributed by atoms with Crippen molar-refractivity contribution in [3.8, 4) is 5.75 Å². The molecule has 0 spiro atoms. The molecule has 0 aliphatic rings. The van der Waals surface area contributed by atoms with Crippen LogP contribution in [0.15, 0.2) is 103 Å². The van der Waals surface area contributed by atoms with Gasteiger partial charge >= 0.3 is 41.3 Å². The molecule has 0 aliphatic heterocycles. The first-order valence-electron chi connectivity index (χ1n) is 12.9. The number of aromatic hydroxyl groups is 1. The monoisotopic (exact) mass is 568 g/mol. The van der Waals surface area contributed by atoms with Gasteiger partial charge in [0, 0.05) is 0 Å². The quantitative estimate of drug-likeness (QED) is 0.184. The molecule has 192 valence electrons. The molecule has 0 radical (unpaired) electrons. The summed E-state index contributed by atoms with van der Waals surface area (Å²) in [7, 11) is 0. The van der Waals surface area contributed by atoms with Crippen molar-refractivity contribution in [2.75, 3.05) is 0 Å². The second-order valence-electron chi connectivity index (χ2n) is 11.5. The average molecular weight is 570 g/mol. The summed E-state index contributed by atoms with van der Waals surface area (Å²) in [5, 5.41) is 15.2. The maximum atomic E-state index is 9.84. The molecule has 0 bridgehead atoms. The third-order valence-electron chi connectivity index (χ3n) is 5.77. The molecule has 2 heteroatoms. The van der Waals surface area contributed by atoms with Crippen LogP contribution in [0.4, 0.5) is 0 Å². The van der Waals surface area contributed by atoms with Gasteiger partial charge in [-0.1, -0.05) is 65.8 Å². The van der Waals surface area contributed by atoms with Crippen molar-refractivity contribution < 1.29 is 29.3 Å². The molecule has 0 fully saturated rings. The molecule has 5 aromatic rings. The third-order valence-corrected chi connectivity index (χ3v) is 5.77. The number of hydrogen-bond acceptors (Lipinski definition) is 1. The molecule has 1 N–H and O–H groups in total. The number of phenolic OH excluding ortho intramolecular Hbond substituents is 1. The fourth-order valence-electron chi connectivity index (χ4n) is 3.74. The van der Waals surface area contributed by atoms with Gasteiger partial charge in [-0.2, -0.15) is 35.0 Å². The largest absolute Gasteiger partial charge is 0.168 e. The van der Waals surface area contributed by atoms with Crippen LogP contribution in [-0.2, 0) is 35.1 Å². The standard InChI is InChI=1S/C14H22O.2C9H7.C3H6.Zr/c1-13(2,3)10-7-8-12(15)11(9-10)14(4,5)6;2*1-2-5-9-7-3-6-8(9)4-1;1-3-2;/h7-9,15H,1-6H3;2*1-7H;1-2H3;/q;2*-1;;+2. The summed E-state index contributed by atoms with van der Waals surface area (Å²) >= 11 is 1.55. The van der Waals surface area contributed by atoms with Crippen molar-refractivity contribution in [1.82, 2.24) is 0 Å². The molecular weight excluding hydrogens is 528 g/mol. The van der Waals surface area contributed by atoms with Crippen LogP contribution in [-0.4, -0.2) is 8.31 Å². The Hall–Kier alpha value is -2.57. The Balaban J connectivity index is 0.000000188. The van der Waals surface area contributed by atoms with Gasteiger partial charge in [-0.3, -0.25) is 0 Å². The molecule has 0 saturated carbocycles. The van der Waals surface area contributed by atoms with E-state index in [1.54, 1.807) is 30.3 Å². The van der Waals surface area contributed by atoms with E-state index in [1.165, 1.54) is 30.3 Å². The van der Waals surface area contributed by atoms with E-state index in [4.69, 9.17) is 0 Å². The van der Waals surface area contributed by atoms with Crippen LogP contribution in [0.25, 0.3) is 21.5 Å². The van der Waals surface area contributed by atoms with E-state index < -0.39 is 0 Å². The fourth-order valence-corrected chi connectivity index (χ4v) is 3.74. The second-order valence-corrected chi connectivity index (χ2v) is 14.0. The van der Waals surface area contributed by atoms with Crippen LogP contribution in [0.3, 0.4) is 0 Å². The molecule has 5 aromatic carbocycles. The molecule has 1 nitrogen and oxygen atoms in total. The maximum absolute atomic E-state index is 9.84. The first kappa shape index (κ1) is 30.7. The fraction of sp³-hybridized carbons (Fsp3) is 0.286. The third kappa shape index (κ3) is 10.4. The normalized spacial score (nSPS) is 11.0. The first-order valence-corrected chi connectivity index (χ1v) is 14.1. The number of rotatable bonds is 0. The van der Waals surface area contributed by atoms with Crippen LogP contribution < -0.4 is 0 Å². The van der Waals surface area contributed by atoms with Gasteiger partial charge < -0.3 is 5.11 Å². The SMILES string of the molecule is CC(C)(C)c1ccc(O)c(C(C)(C)C)c1.C[C](C)=[Zr+2].c1ccc2[cH-]ccc2c1.c1ccc2[cH-]ccc2c1. The van der Waals surface area contributed by atoms with Gasteiger partial charge in [0.2, 0.25) is 0 Å². The van der Waals surface area contributed by atoms with Gasteiger partial charge in [0.15, 0.2) is 0 Å². The molecule has 0 aliphatic carbocycles. The Labute approximate surface area is 239 Å². The van der Waals surface area contributed by atoms with Gasteiger partial charge in [0.05, 0.1) is 0 Å². The van der Waals surface area contributed by atoms with Crippen LogP contribution >= 0.6 is 0 Å². The minimum absolute atomic E-state index is 0.00859. The van der Waals surface area contributed by atoms with Crippen LogP contribution in [0.5, 0.6) is 5.75 Å². The summed E-state index contributed by atoms with van der Waals surface area (Å²) in [5.41, 5.74) is 2.42. The van der Waals surface area contributed by atoms with Crippen molar-refractivity contribution in [2.45, 2.75) is 66.2 Å². The van der Waals surface area contributed by atoms with E-state index in [-0.39, 0.29) is 10.8 Å². The van der Waals surface area contributed by atoms with Gasteiger partial charge in [-0.25, -0.2) is 0 Å². The van der Waals surface area contributed by atoms with Crippen molar-refractivity contribution in [3.63, 3.8) is 0 Å². The Morgan fingerprint density at radius 3 is 1.46 bits per heavy atom. The number of fused-ring (bicyclic) bond motifs is 2. The molecule has 37 heavy (non-hydrogen) atoms. The van der Waals surface area contributed by atoms with Crippen LogP contribution in [0.2, 0.25) is 0 Å². The van der Waals surface area contributed by atoms with Crippen molar-refractivity contribution >= 4 is 24.8 Å². The summed E-state index contributed by atoms with van der Waals surface area (Å²) in [5.74, 6) is 0.399. The molecule has 0 unspecified atom stereocenters. The zero-order chi connectivity index (χ0) is 27.6. The summed E-state index contributed by atoms with van der Waals surface area (Å²) in [6.07, 6.45) is 0. The number of phenols is 1. The van der Waals surface area contributed by atoms with E-state index in [1.807, 2.05) is 6.07 Å². The summed E-state index contributed by atoms with van der Waals surface area (Å²) in [6.45, 7) is 17.2. The van der Waals surface area contributed by atoms with Gasteiger partial charge in [0.1, 0.15) is 5.75 Å². The molecular formula is C35H42OZr. The topological polar surface area (TPSA) is 20.2 Å². The predicted molar refractivity (Wildman–Crippen MR) is 161 cm³/mol. The minimum Gasteiger partial charge on any atom is -0.168 e. The van der Waals surface area contributed by atoms with Crippen molar-refractivity contribution in [2.24, 2.45) is 0 Å². The maximum Gasteiger partial charge on any atom is -0.0809 e. The van der Waals surface area contributed by atoms with Gasteiger partial charge in [-0.15, -0.1) is 59.3 Å². The van der Waals surface area contributed by atoms with Crippen molar-refractivity contribution in [1.29, 1.82) is 0 Å². The Bertz CT molecular complexity index is 1260. The summed E-state index contributed by atoms with van der Waals surface area (Å²) in [6, 6.07) is 35.3. The first-order chi connectivity index (χ1) is 17.3. The molecule has 0 heterocycles. The van der Waals surface area contributed by atoms with E-state index in [9.17, 15) is 5.11 Å². The Kier molecular flexibility index (Phi) is 11.5. The van der Waals surface area contributed by atoms with Crippen LogP contribution in [0, 0.1) is 0 Å². The van der Waals surface area contributed by atoms with E-state index in [0.29, 0.717) is 5.75 Å². The smallest absolute Gasteiger partial charge is 0.0809 e.